The van der Waals surface area contributed by atoms with Gasteiger partial charge in [-0.05, 0) is 31.9 Å². The molecule has 4 heteroatoms. The minimum absolute atomic E-state index is 0.314. The van der Waals surface area contributed by atoms with E-state index in [1.165, 1.54) is 57.4 Å². The normalized spacial score (nSPS) is 11.8. The SMILES string of the molecule is CCCCCCCCCC=CC=CC=CC=CC=CC=CC(=O)OCC.O=C(O)c1ccccc1. The Morgan fingerprint density at radius 1 is 0.714 bits per heavy atom. The van der Waals surface area contributed by atoms with Crippen molar-refractivity contribution in [2.24, 2.45) is 0 Å². The highest BCUT2D eigenvalue weighted by molar-refractivity contribution is 5.87. The number of carbonyl (C=O) groups is 2. The van der Waals surface area contributed by atoms with E-state index in [4.69, 9.17) is 9.84 Å². The van der Waals surface area contributed by atoms with Gasteiger partial charge in [0.15, 0.2) is 0 Å². The van der Waals surface area contributed by atoms with Crippen LogP contribution < -0.4 is 0 Å². The summed E-state index contributed by atoms with van der Waals surface area (Å²) in [7, 11) is 0. The highest BCUT2D eigenvalue weighted by atomic mass is 16.5. The largest absolute Gasteiger partial charge is 0.478 e. The van der Waals surface area contributed by atoms with Crippen molar-refractivity contribution in [2.75, 3.05) is 6.61 Å². The van der Waals surface area contributed by atoms with E-state index < -0.39 is 5.97 Å². The Labute approximate surface area is 212 Å². The molecule has 0 radical (unpaired) electrons. The topological polar surface area (TPSA) is 63.6 Å². The van der Waals surface area contributed by atoms with Gasteiger partial charge in [-0.3, -0.25) is 0 Å². The second kappa shape index (κ2) is 25.2. The second-order valence-corrected chi connectivity index (χ2v) is 7.66. The molecular weight excluding hydrogens is 436 g/mol. The van der Waals surface area contributed by atoms with Crippen molar-refractivity contribution in [1.82, 2.24) is 0 Å². The molecule has 0 aliphatic rings. The van der Waals surface area contributed by atoms with E-state index in [1.54, 1.807) is 49.4 Å². The smallest absolute Gasteiger partial charge is 0.335 e. The summed E-state index contributed by atoms with van der Waals surface area (Å²) in [4.78, 5) is 21.2. The molecule has 0 aromatic heterocycles. The third-order valence-electron chi connectivity index (χ3n) is 4.65. The van der Waals surface area contributed by atoms with Crippen LogP contribution in [0.4, 0.5) is 0 Å². The Balaban J connectivity index is 0.00000106. The third kappa shape index (κ3) is 23.6. The molecule has 0 spiro atoms. The maximum absolute atomic E-state index is 11.0. The summed E-state index contributed by atoms with van der Waals surface area (Å²) in [5, 5.41) is 8.38. The number of rotatable bonds is 16. The van der Waals surface area contributed by atoms with Gasteiger partial charge in [-0.15, -0.1) is 0 Å². The van der Waals surface area contributed by atoms with Gasteiger partial charge in [0.25, 0.3) is 0 Å². The van der Waals surface area contributed by atoms with Crippen molar-refractivity contribution in [3.8, 4) is 0 Å². The zero-order valence-corrected chi connectivity index (χ0v) is 21.4. The van der Waals surface area contributed by atoms with Crippen LogP contribution in [0.1, 0.15) is 75.6 Å². The Kier molecular flexibility index (Phi) is 22.8. The molecule has 0 fully saturated rings. The Hall–Kier alpha value is -3.40. The van der Waals surface area contributed by atoms with Crippen LogP contribution in [0, 0.1) is 0 Å². The first-order valence-electron chi connectivity index (χ1n) is 12.6. The number of carbonyl (C=O) groups excluding carboxylic acids is 1. The van der Waals surface area contributed by atoms with Crippen LogP contribution in [0.2, 0.25) is 0 Å². The van der Waals surface area contributed by atoms with Gasteiger partial charge < -0.3 is 9.84 Å². The van der Waals surface area contributed by atoms with Crippen molar-refractivity contribution < 1.29 is 19.4 Å². The van der Waals surface area contributed by atoms with E-state index in [0.29, 0.717) is 12.2 Å². The quantitative estimate of drug-likeness (QED) is 0.112. The van der Waals surface area contributed by atoms with Crippen LogP contribution in [0.25, 0.3) is 0 Å². The van der Waals surface area contributed by atoms with E-state index in [2.05, 4.69) is 25.2 Å². The van der Waals surface area contributed by atoms with Gasteiger partial charge in [-0.2, -0.15) is 0 Å². The summed E-state index contributed by atoms with van der Waals surface area (Å²) in [5.74, 6) is -1.19. The minimum Gasteiger partial charge on any atom is -0.478 e. The molecule has 0 saturated carbocycles. The van der Waals surface area contributed by atoms with Gasteiger partial charge in [0.2, 0.25) is 0 Å². The lowest BCUT2D eigenvalue weighted by atomic mass is 10.1. The van der Waals surface area contributed by atoms with Crippen LogP contribution >= 0.6 is 0 Å². The number of unbranched alkanes of at least 4 members (excludes halogenated alkanes) is 7. The summed E-state index contributed by atoms with van der Waals surface area (Å²) < 4.78 is 4.78. The minimum atomic E-state index is -0.879. The number of benzene rings is 1. The standard InChI is InChI=1S/C24H36O2.C7H6O2/c1-3-5-6-7-8-9-10-11-12-13-14-15-16-17-18-19-20-21-22-23-24(25)26-4-2;8-7(9)6-4-2-1-3-5-6/h12-23H,3-11H2,1-2H3;1-5H,(H,8,9). The number of esters is 1. The fraction of sp³-hybridized carbons (Fsp3) is 0.355. The lowest BCUT2D eigenvalue weighted by Crippen LogP contribution is -1.98. The fourth-order valence-corrected chi connectivity index (χ4v) is 2.81. The Morgan fingerprint density at radius 2 is 1.23 bits per heavy atom. The average Bonchev–Trinajstić information content (AvgIpc) is 2.86. The van der Waals surface area contributed by atoms with Crippen LogP contribution in [0.3, 0.4) is 0 Å². The van der Waals surface area contributed by atoms with Crippen molar-refractivity contribution >= 4 is 11.9 Å². The van der Waals surface area contributed by atoms with E-state index in [9.17, 15) is 9.59 Å². The number of carboxylic acids is 1. The molecule has 35 heavy (non-hydrogen) atoms. The third-order valence-corrected chi connectivity index (χ3v) is 4.65. The lowest BCUT2D eigenvalue weighted by Gasteiger charge is -1.98. The van der Waals surface area contributed by atoms with Crippen LogP contribution in [-0.4, -0.2) is 23.7 Å². The first kappa shape index (κ1) is 31.6. The molecule has 0 saturated heterocycles. The molecule has 1 aromatic carbocycles. The highest BCUT2D eigenvalue weighted by Gasteiger charge is 1.96. The van der Waals surface area contributed by atoms with Gasteiger partial charge in [-0.1, -0.05) is 130 Å². The predicted octanol–water partition coefficient (Wildman–Crippen LogP) is 8.41. The first-order chi connectivity index (χ1) is 17.1. The number of hydrogen-bond acceptors (Lipinski definition) is 3. The average molecular weight is 479 g/mol. The predicted molar refractivity (Wildman–Crippen MR) is 147 cm³/mol. The summed E-state index contributed by atoms with van der Waals surface area (Å²) in [6.07, 6.45) is 33.7. The maximum Gasteiger partial charge on any atom is 0.335 e. The van der Waals surface area contributed by atoms with E-state index in [0.717, 1.165) is 0 Å². The molecule has 0 atom stereocenters. The van der Waals surface area contributed by atoms with Crippen molar-refractivity contribution in [2.45, 2.75) is 65.2 Å². The Morgan fingerprint density at radius 3 is 1.74 bits per heavy atom. The molecule has 190 valence electrons. The van der Waals surface area contributed by atoms with Crippen molar-refractivity contribution in [3.05, 3.63) is 109 Å². The number of carboxylic acid groups (broad SMARTS) is 1. The van der Waals surface area contributed by atoms with Crippen LogP contribution in [-0.2, 0) is 9.53 Å². The molecule has 0 heterocycles. The van der Waals surface area contributed by atoms with Gasteiger partial charge in [0.1, 0.15) is 0 Å². The number of aromatic carboxylic acids is 1. The summed E-state index contributed by atoms with van der Waals surface area (Å²) in [5.41, 5.74) is 0.331. The van der Waals surface area contributed by atoms with Gasteiger partial charge in [0.05, 0.1) is 12.2 Å². The van der Waals surface area contributed by atoms with Gasteiger partial charge in [0, 0.05) is 6.08 Å². The number of ether oxygens (including phenoxy) is 1. The van der Waals surface area contributed by atoms with Crippen LogP contribution in [0.15, 0.2) is 103 Å². The number of allylic oxidation sites excluding steroid dienone is 11. The van der Waals surface area contributed by atoms with Gasteiger partial charge in [-0.25, -0.2) is 9.59 Å². The number of hydrogen-bond donors (Lipinski definition) is 1. The zero-order chi connectivity index (χ0) is 25.8. The van der Waals surface area contributed by atoms with E-state index >= 15 is 0 Å². The highest BCUT2D eigenvalue weighted by Crippen LogP contribution is 2.08. The molecule has 0 unspecified atom stereocenters. The molecular formula is C31H42O4. The fourth-order valence-electron chi connectivity index (χ4n) is 2.81. The second-order valence-electron chi connectivity index (χ2n) is 7.66. The molecule has 0 bridgehead atoms. The van der Waals surface area contributed by atoms with Crippen molar-refractivity contribution in [1.29, 1.82) is 0 Å². The van der Waals surface area contributed by atoms with Crippen LogP contribution in [0.5, 0.6) is 0 Å². The van der Waals surface area contributed by atoms with Gasteiger partial charge >= 0.3 is 11.9 Å². The molecule has 1 aromatic rings. The Bertz CT molecular complexity index is 827. The van der Waals surface area contributed by atoms with E-state index in [1.807, 2.05) is 36.5 Å². The summed E-state index contributed by atoms with van der Waals surface area (Å²) in [6.45, 7) is 4.45. The lowest BCUT2D eigenvalue weighted by molar-refractivity contribution is -0.137. The summed E-state index contributed by atoms with van der Waals surface area (Å²) >= 11 is 0. The maximum atomic E-state index is 11.0. The first-order valence-corrected chi connectivity index (χ1v) is 12.6. The molecule has 1 N–H and O–H groups in total. The molecule has 0 aliphatic carbocycles. The van der Waals surface area contributed by atoms with E-state index in [-0.39, 0.29) is 5.97 Å². The summed E-state index contributed by atoms with van der Waals surface area (Å²) in [6, 6.07) is 8.30. The monoisotopic (exact) mass is 478 g/mol. The van der Waals surface area contributed by atoms with Crippen molar-refractivity contribution in [3.63, 3.8) is 0 Å². The molecule has 1 rings (SSSR count). The zero-order valence-electron chi connectivity index (χ0n) is 21.4. The molecule has 4 nitrogen and oxygen atoms in total. The molecule has 0 amide bonds. The molecule has 0 aliphatic heterocycles.